The molecule has 0 aromatic carbocycles. The van der Waals surface area contributed by atoms with Crippen LogP contribution < -0.4 is 5.73 Å². The summed E-state index contributed by atoms with van der Waals surface area (Å²) in [4.78, 5) is 16.6. The summed E-state index contributed by atoms with van der Waals surface area (Å²) >= 11 is 0. The number of piperazine rings is 1. The van der Waals surface area contributed by atoms with Crippen molar-refractivity contribution in [2.75, 3.05) is 39.3 Å². The molecule has 19 heavy (non-hydrogen) atoms. The normalized spacial score (nSPS) is 23.8. The van der Waals surface area contributed by atoms with Crippen molar-refractivity contribution in [2.45, 2.75) is 37.6 Å². The first-order chi connectivity index (χ1) is 8.65. The molecule has 0 aromatic rings. The quantitative estimate of drug-likeness (QED) is 0.780. The second-order valence-electron chi connectivity index (χ2n) is 5.57. The number of amides is 1. The van der Waals surface area contributed by atoms with Gasteiger partial charge in [0.2, 0.25) is 5.91 Å². The van der Waals surface area contributed by atoms with Crippen molar-refractivity contribution in [3.05, 3.63) is 0 Å². The van der Waals surface area contributed by atoms with Crippen LogP contribution in [0.1, 0.15) is 32.1 Å². The number of β-amino-alcohol motifs (C(OH)–C–C–N with tert-alkyl or cyclic N) is 1. The first kappa shape index (κ1) is 16.7. The molecule has 0 spiro atoms. The third kappa shape index (κ3) is 4.05. The number of aliphatic hydroxyl groups excluding tert-OH is 1. The van der Waals surface area contributed by atoms with Gasteiger partial charge in [0.05, 0.1) is 12.1 Å². The van der Waals surface area contributed by atoms with Crippen LogP contribution in [-0.4, -0.2) is 65.7 Å². The second kappa shape index (κ2) is 7.43. The summed E-state index contributed by atoms with van der Waals surface area (Å²) in [6.45, 7) is 4.09. The maximum atomic E-state index is 12.5. The number of rotatable bonds is 3. The molecule has 1 amide bonds. The monoisotopic (exact) mass is 291 g/mol. The number of nitrogens with two attached hydrogens (primary N) is 1. The summed E-state index contributed by atoms with van der Waals surface area (Å²) in [6, 6.07) is 0. The molecule has 0 radical (unpaired) electrons. The minimum absolute atomic E-state index is 0. The van der Waals surface area contributed by atoms with Gasteiger partial charge in [0.1, 0.15) is 0 Å². The van der Waals surface area contributed by atoms with Crippen LogP contribution in [0.5, 0.6) is 0 Å². The van der Waals surface area contributed by atoms with Gasteiger partial charge in [-0.05, 0) is 12.8 Å². The van der Waals surface area contributed by atoms with Crippen molar-refractivity contribution in [1.29, 1.82) is 0 Å². The van der Waals surface area contributed by atoms with Crippen molar-refractivity contribution in [3.8, 4) is 0 Å². The zero-order valence-electron chi connectivity index (χ0n) is 11.5. The largest absolute Gasteiger partial charge is 0.395 e. The maximum absolute atomic E-state index is 12.5. The maximum Gasteiger partial charge on any atom is 0.242 e. The van der Waals surface area contributed by atoms with E-state index in [0.717, 1.165) is 51.9 Å². The van der Waals surface area contributed by atoms with E-state index in [9.17, 15) is 4.79 Å². The molecular formula is C13H26ClN3O2. The third-order valence-corrected chi connectivity index (χ3v) is 4.25. The van der Waals surface area contributed by atoms with Crippen LogP contribution in [0.25, 0.3) is 0 Å². The Morgan fingerprint density at radius 2 is 1.68 bits per heavy atom. The first-order valence-electron chi connectivity index (χ1n) is 7.07. The zero-order valence-corrected chi connectivity index (χ0v) is 12.3. The molecule has 1 aliphatic carbocycles. The van der Waals surface area contributed by atoms with Gasteiger partial charge in [0.15, 0.2) is 0 Å². The Labute approximate surface area is 121 Å². The highest BCUT2D eigenvalue weighted by atomic mass is 35.5. The van der Waals surface area contributed by atoms with Gasteiger partial charge < -0.3 is 15.7 Å². The molecule has 0 unspecified atom stereocenters. The fourth-order valence-corrected chi connectivity index (χ4v) is 3.03. The molecule has 112 valence electrons. The van der Waals surface area contributed by atoms with Gasteiger partial charge in [0.25, 0.3) is 0 Å². The van der Waals surface area contributed by atoms with Gasteiger partial charge in [-0.15, -0.1) is 12.4 Å². The zero-order chi connectivity index (χ0) is 13.0. The topological polar surface area (TPSA) is 69.8 Å². The Morgan fingerprint density at radius 3 is 2.21 bits per heavy atom. The summed E-state index contributed by atoms with van der Waals surface area (Å²) in [5, 5.41) is 8.90. The van der Waals surface area contributed by atoms with E-state index in [-0.39, 0.29) is 24.9 Å². The van der Waals surface area contributed by atoms with E-state index in [0.29, 0.717) is 6.54 Å². The highest BCUT2D eigenvalue weighted by Crippen LogP contribution is 2.28. The number of carbonyl (C=O) groups excluding carboxylic acids is 1. The van der Waals surface area contributed by atoms with E-state index < -0.39 is 5.54 Å². The van der Waals surface area contributed by atoms with Crippen molar-refractivity contribution in [2.24, 2.45) is 5.73 Å². The van der Waals surface area contributed by atoms with Crippen LogP contribution in [0.4, 0.5) is 0 Å². The number of hydrogen-bond donors (Lipinski definition) is 2. The lowest BCUT2D eigenvalue weighted by atomic mass is 9.81. The lowest BCUT2D eigenvalue weighted by molar-refractivity contribution is -0.140. The molecule has 0 atom stereocenters. The molecule has 0 aromatic heterocycles. The van der Waals surface area contributed by atoms with Crippen molar-refractivity contribution >= 4 is 18.3 Å². The standard InChI is InChI=1S/C13H25N3O2.ClH/c14-13(4-2-1-3-5-13)12(18)16-8-6-15(7-9-16)10-11-17;/h17H,1-11,14H2;1H. The average molecular weight is 292 g/mol. The van der Waals surface area contributed by atoms with Crippen LogP contribution in [0.15, 0.2) is 0 Å². The van der Waals surface area contributed by atoms with Crippen molar-refractivity contribution in [3.63, 3.8) is 0 Å². The Balaban J connectivity index is 0.00000180. The number of carbonyl (C=O) groups is 1. The molecule has 3 N–H and O–H groups in total. The van der Waals surface area contributed by atoms with Crippen LogP contribution in [0.3, 0.4) is 0 Å². The lowest BCUT2D eigenvalue weighted by Gasteiger charge is -2.40. The first-order valence-corrected chi connectivity index (χ1v) is 7.07. The van der Waals surface area contributed by atoms with Gasteiger partial charge in [-0.3, -0.25) is 9.69 Å². The van der Waals surface area contributed by atoms with Crippen LogP contribution in [-0.2, 0) is 4.79 Å². The van der Waals surface area contributed by atoms with E-state index in [1.807, 2.05) is 4.90 Å². The lowest BCUT2D eigenvalue weighted by Crippen LogP contribution is -2.60. The van der Waals surface area contributed by atoms with Gasteiger partial charge in [-0.2, -0.15) is 0 Å². The number of hydrogen-bond acceptors (Lipinski definition) is 4. The molecule has 1 saturated carbocycles. The molecule has 1 heterocycles. The van der Waals surface area contributed by atoms with Crippen LogP contribution in [0.2, 0.25) is 0 Å². The number of aliphatic hydroxyl groups is 1. The highest BCUT2D eigenvalue weighted by molar-refractivity contribution is 5.86. The predicted molar refractivity (Wildman–Crippen MR) is 77.4 cm³/mol. The van der Waals surface area contributed by atoms with E-state index in [2.05, 4.69) is 4.90 Å². The van der Waals surface area contributed by atoms with Gasteiger partial charge in [0, 0.05) is 32.7 Å². The summed E-state index contributed by atoms with van der Waals surface area (Å²) in [5.41, 5.74) is 5.68. The highest BCUT2D eigenvalue weighted by Gasteiger charge is 2.38. The van der Waals surface area contributed by atoms with Crippen LogP contribution >= 0.6 is 12.4 Å². The third-order valence-electron chi connectivity index (χ3n) is 4.25. The van der Waals surface area contributed by atoms with Gasteiger partial charge in [-0.25, -0.2) is 0 Å². The molecule has 2 fully saturated rings. The number of nitrogens with zero attached hydrogens (tertiary/aromatic N) is 2. The minimum Gasteiger partial charge on any atom is -0.395 e. The average Bonchev–Trinajstić information content (AvgIpc) is 2.40. The summed E-state index contributed by atoms with van der Waals surface area (Å²) < 4.78 is 0. The van der Waals surface area contributed by atoms with Gasteiger partial charge >= 0.3 is 0 Å². The van der Waals surface area contributed by atoms with Crippen molar-refractivity contribution < 1.29 is 9.90 Å². The summed E-state index contributed by atoms with van der Waals surface area (Å²) in [6.07, 6.45) is 5.03. The van der Waals surface area contributed by atoms with E-state index in [1.54, 1.807) is 0 Å². The molecule has 6 heteroatoms. The Hall–Kier alpha value is -0.360. The smallest absolute Gasteiger partial charge is 0.242 e. The van der Waals surface area contributed by atoms with E-state index in [1.165, 1.54) is 6.42 Å². The Bertz CT molecular complexity index is 288. The fraction of sp³-hybridized carbons (Fsp3) is 0.923. The minimum atomic E-state index is -0.600. The molecule has 5 nitrogen and oxygen atoms in total. The fourth-order valence-electron chi connectivity index (χ4n) is 3.03. The molecule has 2 rings (SSSR count). The van der Waals surface area contributed by atoms with Gasteiger partial charge in [-0.1, -0.05) is 19.3 Å². The Morgan fingerprint density at radius 1 is 1.11 bits per heavy atom. The van der Waals surface area contributed by atoms with Crippen LogP contribution in [0, 0.1) is 0 Å². The Kier molecular flexibility index (Phi) is 6.53. The molecule has 1 saturated heterocycles. The van der Waals surface area contributed by atoms with E-state index in [4.69, 9.17) is 10.8 Å². The summed E-state index contributed by atoms with van der Waals surface area (Å²) in [7, 11) is 0. The molecule has 1 aliphatic heterocycles. The second-order valence-corrected chi connectivity index (χ2v) is 5.57. The molecule has 0 bridgehead atoms. The SMILES string of the molecule is Cl.NC1(C(=O)N2CCN(CCO)CC2)CCCCC1. The number of halogens is 1. The predicted octanol–water partition coefficient (Wildman–Crippen LogP) is 0.206. The van der Waals surface area contributed by atoms with E-state index >= 15 is 0 Å². The molecular weight excluding hydrogens is 266 g/mol. The molecule has 2 aliphatic rings. The van der Waals surface area contributed by atoms with Crippen molar-refractivity contribution in [1.82, 2.24) is 9.80 Å². The summed E-state index contributed by atoms with van der Waals surface area (Å²) in [5.74, 6) is 0.144.